The average molecular weight is 299 g/mol. The van der Waals surface area contributed by atoms with Crippen LogP contribution in [0.3, 0.4) is 0 Å². The van der Waals surface area contributed by atoms with Crippen LogP contribution in [0.5, 0.6) is 11.5 Å². The largest absolute Gasteiger partial charge is 0.493 e. The van der Waals surface area contributed by atoms with Gasteiger partial charge in [-0.25, -0.2) is 0 Å². The third-order valence-corrected chi connectivity index (χ3v) is 4.68. The molecule has 1 aliphatic rings. The molecule has 0 aromatic heterocycles. The fourth-order valence-corrected chi connectivity index (χ4v) is 3.33. The van der Waals surface area contributed by atoms with Gasteiger partial charge in [0.25, 0.3) is 0 Å². The lowest BCUT2D eigenvalue weighted by Crippen LogP contribution is -2.21. The van der Waals surface area contributed by atoms with Crippen LogP contribution in [0.4, 0.5) is 0 Å². The minimum Gasteiger partial charge on any atom is -0.493 e. The molecule has 2 unspecified atom stereocenters. The highest BCUT2D eigenvalue weighted by molar-refractivity contribution is 6.33. The predicted octanol–water partition coefficient (Wildman–Crippen LogP) is 2.62. The van der Waals surface area contributed by atoms with Crippen molar-refractivity contribution in [1.29, 1.82) is 0 Å². The monoisotopic (exact) mass is 298 g/mol. The van der Waals surface area contributed by atoms with Gasteiger partial charge in [0, 0.05) is 12.6 Å². The second kappa shape index (κ2) is 6.20. The molecule has 1 fully saturated rings. The van der Waals surface area contributed by atoms with Gasteiger partial charge >= 0.3 is 0 Å². The fraction of sp³-hybridized carbons (Fsp3) is 0.600. The van der Waals surface area contributed by atoms with Crippen LogP contribution in [0, 0.1) is 12.8 Å². The normalized spacial score (nSPS) is 23.1. The van der Waals surface area contributed by atoms with E-state index in [0.717, 1.165) is 25.1 Å². The Kier molecular flexibility index (Phi) is 4.78. The lowest BCUT2D eigenvalue weighted by molar-refractivity contribution is 0.310. The van der Waals surface area contributed by atoms with Gasteiger partial charge in [-0.05, 0) is 50.0 Å². The summed E-state index contributed by atoms with van der Waals surface area (Å²) in [7, 11) is 5.37. The van der Waals surface area contributed by atoms with Crippen LogP contribution in [-0.4, -0.2) is 39.3 Å². The van der Waals surface area contributed by atoms with Gasteiger partial charge in [-0.1, -0.05) is 11.6 Å². The molecule has 0 amide bonds. The summed E-state index contributed by atoms with van der Waals surface area (Å²) in [6, 6.07) is 2.38. The lowest BCUT2D eigenvalue weighted by atomic mass is 9.95. The maximum atomic E-state index is 6.43. The first kappa shape index (κ1) is 15.4. The Bertz CT molecular complexity index is 493. The molecule has 5 heteroatoms. The van der Waals surface area contributed by atoms with Crippen molar-refractivity contribution in [3.8, 4) is 11.5 Å². The molecule has 112 valence electrons. The Morgan fingerprint density at radius 3 is 2.60 bits per heavy atom. The number of nitrogens with zero attached hydrogens (tertiary/aromatic N) is 1. The van der Waals surface area contributed by atoms with E-state index in [9.17, 15) is 0 Å². The smallest absolute Gasteiger partial charge is 0.179 e. The Balaban J connectivity index is 2.44. The van der Waals surface area contributed by atoms with E-state index in [1.54, 1.807) is 14.2 Å². The highest BCUT2D eigenvalue weighted by atomic mass is 35.5. The number of likely N-dealkylation sites (tertiary alicyclic amines) is 1. The van der Waals surface area contributed by atoms with Crippen LogP contribution < -0.4 is 15.2 Å². The van der Waals surface area contributed by atoms with Crippen molar-refractivity contribution in [2.24, 2.45) is 11.7 Å². The zero-order chi connectivity index (χ0) is 14.9. The summed E-state index contributed by atoms with van der Waals surface area (Å²) in [5.74, 6) is 1.82. The number of ether oxygens (including phenoxy) is 2. The molecule has 2 rings (SSSR count). The number of rotatable bonds is 4. The summed E-state index contributed by atoms with van der Waals surface area (Å²) in [6.45, 7) is 3.77. The standard InChI is InChI=1S/C15H23ClN2O2/c1-9-11(12-5-10(7-17)8-18(12)2)6-13(19-3)15(20-4)14(9)16/h6,10,12H,5,7-8,17H2,1-4H3. The summed E-state index contributed by atoms with van der Waals surface area (Å²) >= 11 is 6.43. The molecule has 1 aliphatic heterocycles. The molecule has 2 N–H and O–H groups in total. The van der Waals surface area contributed by atoms with Crippen molar-refractivity contribution in [2.75, 3.05) is 34.4 Å². The summed E-state index contributed by atoms with van der Waals surface area (Å²) in [4.78, 5) is 2.34. The Morgan fingerprint density at radius 1 is 1.40 bits per heavy atom. The molecule has 0 aliphatic carbocycles. The van der Waals surface area contributed by atoms with Crippen molar-refractivity contribution < 1.29 is 9.47 Å². The van der Waals surface area contributed by atoms with Gasteiger partial charge < -0.3 is 15.2 Å². The first-order valence-corrected chi connectivity index (χ1v) is 7.22. The van der Waals surface area contributed by atoms with E-state index in [4.69, 9.17) is 26.8 Å². The molecule has 4 nitrogen and oxygen atoms in total. The zero-order valence-electron chi connectivity index (χ0n) is 12.6. The van der Waals surface area contributed by atoms with Gasteiger partial charge in [0.2, 0.25) is 0 Å². The van der Waals surface area contributed by atoms with Crippen LogP contribution in [0.2, 0.25) is 5.02 Å². The lowest BCUT2D eigenvalue weighted by Gasteiger charge is -2.24. The van der Waals surface area contributed by atoms with Crippen molar-refractivity contribution in [1.82, 2.24) is 4.90 Å². The van der Waals surface area contributed by atoms with E-state index in [1.807, 2.05) is 13.0 Å². The van der Waals surface area contributed by atoms with Crippen molar-refractivity contribution in [3.63, 3.8) is 0 Å². The zero-order valence-corrected chi connectivity index (χ0v) is 13.3. The van der Waals surface area contributed by atoms with E-state index in [-0.39, 0.29) is 0 Å². The van der Waals surface area contributed by atoms with E-state index in [2.05, 4.69) is 11.9 Å². The minimum absolute atomic E-state index is 0.334. The number of benzene rings is 1. The third kappa shape index (κ3) is 2.60. The summed E-state index contributed by atoms with van der Waals surface area (Å²) < 4.78 is 10.8. The Hall–Kier alpha value is -0.970. The quantitative estimate of drug-likeness (QED) is 0.928. The summed E-state index contributed by atoms with van der Waals surface area (Å²) in [5, 5.41) is 0.631. The summed E-state index contributed by atoms with van der Waals surface area (Å²) in [6.07, 6.45) is 1.06. The maximum Gasteiger partial charge on any atom is 0.179 e. The number of hydrogen-bond acceptors (Lipinski definition) is 4. The van der Waals surface area contributed by atoms with Crippen LogP contribution >= 0.6 is 11.6 Å². The highest BCUT2D eigenvalue weighted by Crippen LogP contribution is 2.44. The van der Waals surface area contributed by atoms with Crippen molar-refractivity contribution >= 4 is 11.6 Å². The van der Waals surface area contributed by atoms with Crippen LogP contribution in [0.1, 0.15) is 23.6 Å². The first-order valence-electron chi connectivity index (χ1n) is 6.84. The van der Waals surface area contributed by atoms with E-state index >= 15 is 0 Å². The van der Waals surface area contributed by atoms with Crippen LogP contribution in [-0.2, 0) is 0 Å². The molecular formula is C15H23ClN2O2. The van der Waals surface area contributed by atoms with Gasteiger partial charge in [-0.2, -0.15) is 0 Å². The van der Waals surface area contributed by atoms with Gasteiger partial charge in [-0.15, -0.1) is 0 Å². The number of halogens is 1. The molecule has 0 radical (unpaired) electrons. The fourth-order valence-electron chi connectivity index (χ4n) is 3.05. The Labute approximate surface area is 125 Å². The van der Waals surface area contributed by atoms with Crippen molar-refractivity contribution in [3.05, 3.63) is 22.2 Å². The molecule has 0 spiro atoms. The molecule has 1 heterocycles. The summed E-state index contributed by atoms with van der Waals surface area (Å²) in [5.41, 5.74) is 8.06. The molecule has 1 aromatic carbocycles. The Morgan fingerprint density at radius 2 is 2.10 bits per heavy atom. The molecule has 1 saturated heterocycles. The van der Waals surface area contributed by atoms with Crippen molar-refractivity contribution in [2.45, 2.75) is 19.4 Å². The topological polar surface area (TPSA) is 47.7 Å². The second-order valence-electron chi connectivity index (χ2n) is 5.43. The average Bonchev–Trinajstić information content (AvgIpc) is 2.82. The number of hydrogen-bond donors (Lipinski definition) is 1. The first-order chi connectivity index (χ1) is 9.53. The van der Waals surface area contributed by atoms with Gasteiger partial charge in [0.05, 0.1) is 19.2 Å². The molecular weight excluding hydrogens is 276 g/mol. The van der Waals surface area contributed by atoms with Gasteiger partial charge in [-0.3, -0.25) is 4.90 Å². The van der Waals surface area contributed by atoms with E-state index < -0.39 is 0 Å². The maximum absolute atomic E-state index is 6.43. The number of methoxy groups -OCH3 is 2. The molecule has 0 saturated carbocycles. The third-order valence-electron chi connectivity index (χ3n) is 4.22. The molecule has 2 atom stereocenters. The highest BCUT2D eigenvalue weighted by Gasteiger charge is 2.32. The molecule has 20 heavy (non-hydrogen) atoms. The SMILES string of the molecule is COc1cc(C2CC(CN)CN2C)c(C)c(Cl)c1OC. The van der Waals surface area contributed by atoms with Gasteiger partial charge in [0.15, 0.2) is 11.5 Å². The minimum atomic E-state index is 0.334. The molecule has 1 aromatic rings. The van der Waals surface area contributed by atoms with E-state index in [1.165, 1.54) is 5.56 Å². The van der Waals surface area contributed by atoms with Crippen LogP contribution in [0.15, 0.2) is 6.07 Å². The van der Waals surface area contributed by atoms with Crippen LogP contribution in [0.25, 0.3) is 0 Å². The van der Waals surface area contributed by atoms with E-state index in [0.29, 0.717) is 28.5 Å². The second-order valence-corrected chi connectivity index (χ2v) is 5.81. The molecule has 0 bridgehead atoms. The van der Waals surface area contributed by atoms with Gasteiger partial charge in [0.1, 0.15) is 0 Å². The predicted molar refractivity (Wildman–Crippen MR) is 81.8 cm³/mol. The number of nitrogens with two attached hydrogens (primary N) is 1.